The second-order valence-electron chi connectivity index (χ2n) is 6.28. The molecule has 15 heavy (non-hydrogen) atoms. The number of nitrogens with zero attached hydrogens (tertiary/aromatic N) is 1. The molecule has 0 aliphatic rings. The van der Waals surface area contributed by atoms with Gasteiger partial charge in [0.2, 0.25) is 0 Å². The smallest absolute Gasteiger partial charge is 0.137 e. The summed E-state index contributed by atoms with van der Waals surface area (Å²) in [5.41, 5.74) is -0.280. The molecule has 0 rings (SSSR count). The summed E-state index contributed by atoms with van der Waals surface area (Å²) in [4.78, 5) is 12.5. The third-order valence-electron chi connectivity index (χ3n) is 2.33. The Bertz CT molecular complexity index is 226. The highest BCUT2D eigenvalue weighted by molar-refractivity contribution is 5.64. The molecule has 0 bridgehead atoms. The second-order valence-corrected chi connectivity index (χ2v) is 6.28. The van der Waals surface area contributed by atoms with E-state index in [-0.39, 0.29) is 17.0 Å². The molecule has 1 amide bonds. The van der Waals surface area contributed by atoms with E-state index in [4.69, 9.17) is 0 Å². The lowest BCUT2D eigenvalue weighted by Crippen LogP contribution is -2.57. The van der Waals surface area contributed by atoms with E-state index in [2.05, 4.69) is 20.8 Å². The van der Waals surface area contributed by atoms with Crippen LogP contribution in [0, 0.1) is 5.41 Å². The Morgan fingerprint density at radius 3 is 1.80 bits per heavy atom. The maximum Gasteiger partial charge on any atom is 0.137 e. The van der Waals surface area contributed by atoms with Crippen LogP contribution in [0.2, 0.25) is 0 Å². The molecule has 0 spiro atoms. The van der Waals surface area contributed by atoms with Crippen molar-refractivity contribution in [1.29, 1.82) is 0 Å². The molecule has 0 N–H and O–H groups in total. The number of amides is 1. The number of carbonyl (C=O) groups excluding carboxylic acids is 1. The maximum absolute atomic E-state index is 11.1. The van der Waals surface area contributed by atoms with E-state index in [0.717, 1.165) is 6.42 Å². The van der Waals surface area contributed by atoms with Gasteiger partial charge in [0, 0.05) is 11.6 Å². The third kappa shape index (κ3) is 4.54. The highest BCUT2D eigenvalue weighted by Crippen LogP contribution is 2.32. The highest BCUT2D eigenvalue weighted by Gasteiger charge is 2.32. The molecule has 0 aromatic rings. The predicted molar refractivity (Wildman–Crippen MR) is 60.5 cm³/mol. The van der Waals surface area contributed by atoms with E-state index in [9.17, 15) is 9.90 Å². The minimum Gasteiger partial charge on any atom is -0.530 e. The fourth-order valence-electron chi connectivity index (χ4n) is 2.54. The van der Waals surface area contributed by atoms with Crippen molar-refractivity contribution in [3.05, 3.63) is 0 Å². The Balaban J connectivity index is 4.88. The maximum atomic E-state index is 11.1. The van der Waals surface area contributed by atoms with Gasteiger partial charge in [0.15, 0.2) is 0 Å². The number of carbonyl (C=O) groups is 1. The van der Waals surface area contributed by atoms with E-state index in [0.29, 0.717) is 0 Å². The Morgan fingerprint density at radius 1 is 1.20 bits per heavy atom. The summed E-state index contributed by atoms with van der Waals surface area (Å²) in [7, 11) is 0. The molecule has 0 unspecified atom stereocenters. The minimum absolute atomic E-state index is 0.0488. The Morgan fingerprint density at radius 2 is 1.60 bits per heavy atom. The molecule has 0 heterocycles. The topological polar surface area (TPSA) is 43.4 Å². The van der Waals surface area contributed by atoms with Crippen LogP contribution in [0.5, 0.6) is 0 Å². The zero-order valence-corrected chi connectivity index (χ0v) is 11.0. The Kier molecular flexibility index (Phi) is 4.20. The van der Waals surface area contributed by atoms with Crippen molar-refractivity contribution in [3.8, 4) is 0 Å². The quantitative estimate of drug-likeness (QED) is 0.723. The second kappa shape index (κ2) is 4.42. The van der Waals surface area contributed by atoms with Gasteiger partial charge in [0.25, 0.3) is 0 Å². The summed E-state index contributed by atoms with van der Waals surface area (Å²) < 4.78 is 0. The monoisotopic (exact) mass is 214 g/mol. The molecule has 3 nitrogen and oxygen atoms in total. The molecule has 0 atom stereocenters. The summed E-state index contributed by atoms with van der Waals surface area (Å²) in [6, 6.07) is -0.0488. The van der Waals surface area contributed by atoms with Crippen molar-refractivity contribution in [2.75, 3.05) is 0 Å². The van der Waals surface area contributed by atoms with E-state index >= 15 is 0 Å². The molecule has 0 aromatic heterocycles. The molecule has 0 radical (unpaired) electrons. The van der Waals surface area contributed by atoms with Gasteiger partial charge in [-0.1, -0.05) is 20.8 Å². The molecule has 0 fully saturated rings. The molecular weight excluding hydrogens is 190 g/mol. The van der Waals surface area contributed by atoms with Gasteiger partial charge in [-0.3, -0.25) is 0 Å². The molecule has 0 saturated heterocycles. The van der Waals surface area contributed by atoms with Crippen LogP contribution >= 0.6 is 0 Å². The fraction of sp³-hybridized carbons (Fsp3) is 0.917. The van der Waals surface area contributed by atoms with Gasteiger partial charge < -0.3 is 14.8 Å². The number of hydrogen-bond acceptors (Lipinski definition) is 2. The lowest BCUT2D eigenvalue weighted by Gasteiger charge is -2.46. The van der Waals surface area contributed by atoms with Crippen molar-refractivity contribution >= 4 is 6.09 Å². The standard InChI is InChI=1S/C12H25NO2/c1-9(2)13(10(14)15)12(6,7)8-11(3,4)5/h9H,8H2,1-7H3,(H,14,15)/p-1. The summed E-state index contributed by atoms with van der Waals surface area (Å²) in [5.74, 6) is 0. The zero-order chi connectivity index (χ0) is 12.4. The van der Waals surface area contributed by atoms with E-state index < -0.39 is 6.09 Å². The van der Waals surface area contributed by atoms with E-state index in [1.54, 1.807) is 0 Å². The predicted octanol–water partition coefficient (Wildman–Crippen LogP) is 2.25. The molecule has 0 saturated carbocycles. The van der Waals surface area contributed by atoms with Gasteiger partial charge in [-0.15, -0.1) is 0 Å². The summed E-state index contributed by atoms with van der Waals surface area (Å²) in [6.07, 6.45) is -0.272. The van der Waals surface area contributed by atoms with Gasteiger partial charge in [0.05, 0.1) is 0 Å². The molecule has 0 aromatic carbocycles. The summed E-state index contributed by atoms with van der Waals surface area (Å²) in [6.45, 7) is 14.0. The van der Waals surface area contributed by atoms with Crippen molar-refractivity contribution in [2.24, 2.45) is 5.41 Å². The Labute approximate surface area is 93.5 Å². The van der Waals surface area contributed by atoms with Gasteiger partial charge >= 0.3 is 0 Å². The van der Waals surface area contributed by atoms with Crippen molar-refractivity contribution in [3.63, 3.8) is 0 Å². The van der Waals surface area contributed by atoms with Crippen LogP contribution in [-0.4, -0.2) is 22.6 Å². The Hall–Kier alpha value is -0.730. The molecule has 0 aliphatic heterocycles. The van der Waals surface area contributed by atoms with E-state index in [1.807, 2.05) is 27.7 Å². The normalized spacial score (nSPS) is 13.1. The first-order valence-corrected chi connectivity index (χ1v) is 5.48. The van der Waals surface area contributed by atoms with Crippen LogP contribution in [0.25, 0.3) is 0 Å². The highest BCUT2D eigenvalue weighted by atomic mass is 16.4. The first-order valence-electron chi connectivity index (χ1n) is 5.48. The van der Waals surface area contributed by atoms with Crippen LogP contribution in [0.1, 0.15) is 54.9 Å². The largest absolute Gasteiger partial charge is 0.530 e. The molecule has 90 valence electrons. The zero-order valence-electron chi connectivity index (χ0n) is 11.0. The summed E-state index contributed by atoms with van der Waals surface area (Å²) in [5, 5.41) is 11.1. The van der Waals surface area contributed by atoms with Gasteiger partial charge in [-0.05, 0) is 39.5 Å². The minimum atomic E-state index is -1.08. The van der Waals surface area contributed by atoms with E-state index in [1.165, 1.54) is 4.90 Å². The van der Waals surface area contributed by atoms with Crippen LogP contribution in [0.15, 0.2) is 0 Å². The van der Waals surface area contributed by atoms with Crippen molar-refractivity contribution in [2.45, 2.75) is 66.5 Å². The third-order valence-corrected chi connectivity index (χ3v) is 2.33. The van der Waals surface area contributed by atoms with Crippen LogP contribution < -0.4 is 5.11 Å². The first kappa shape index (κ1) is 14.3. The van der Waals surface area contributed by atoms with Gasteiger partial charge in [-0.2, -0.15) is 0 Å². The fourth-order valence-corrected chi connectivity index (χ4v) is 2.54. The molecule has 0 aliphatic carbocycles. The van der Waals surface area contributed by atoms with Gasteiger partial charge in [0.1, 0.15) is 6.09 Å². The van der Waals surface area contributed by atoms with Crippen LogP contribution in [-0.2, 0) is 0 Å². The lowest BCUT2D eigenvalue weighted by atomic mass is 9.80. The van der Waals surface area contributed by atoms with Gasteiger partial charge in [-0.25, -0.2) is 0 Å². The SMILES string of the molecule is CC(C)N(C(=O)[O-])C(C)(C)CC(C)(C)C. The number of rotatable bonds is 3. The van der Waals surface area contributed by atoms with Crippen LogP contribution in [0.4, 0.5) is 4.79 Å². The van der Waals surface area contributed by atoms with Crippen molar-refractivity contribution in [1.82, 2.24) is 4.90 Å². The first-order chi connectivity index (χ1) is 6.47. The summed E-state index contributed by atoms with van der Waals surface area (Å²) >= 11 is 0. The average molecular weight is 214 g/mol. The van der Waals surface area contributed by atoms with Crippen molar-refractivity contribution < 1.29 is 9.90 Å². The van der Waals surface area contributed by atoms with Crippen LogP contribution in [0.3, 0.4) is 0 Å². The average Bonchev–Trinajstić information content (AvgIpc) is 1.74. The molecule has 3 heteroatoms. The molecular formula is C12H24NO2-. The lowest BCUT2D eigenvalue weighted by molar-refractivity contribution is -0.274. The number of carboxylic acid groups (broad SMARTS) is 1. The number of hydrogen-bond donors (Lipinski definition) is 0.